The number of benzene rings is 1. The molecule has 0 saturated heterocycles. The summed E-state index contributed by atoms with van der Waals surface area (Å²) in [6.45, 7) is 0.928. The minimum Gasteiger partial charge on any atom is -0.375 e. The molecule has 2 N–H and O–H groups in total. The third-order valence-corrected chi connectivity index (χ3v) is 3.60. The predicted octanol–water partition coefficient (Wildman–Crippen LogP) is 3.13. The van der Waals surface area contributed by atoms with Crippen molar-refractivity contribution in [3.63, 3.8) is 0 Å². The molecule has 5 nitrogen and oxygen atoms in total. The molecule has 0 aliphatic carbocycles. The van der Waals surface area contributed by atoms with E-state index in [1.165, 1.54) is 0 Å². The molecule has 0 aliphatic heterocycles. The summed E-state index contributed by atoms with van der Waals surface area (Å²) in [4.78, 5) is 0. The van der Waals surface area contributed by atoms with Gasteiger partial charge in [-0.15, -0.1) is 22.6 Å². The summed E-state index contributed by atoms with van der Waals surface area (Å²) in [5.41, 5.74) is 8.05. The molecular weight excluding hydrogens is 368 g/mol. The fourth-order valence-corrected chi connectivity index (χ4v) is 2.42. The second-order valence-corrected chi connectivity index (χ2v) is 5.66. The maximum Gasteiger partial charge on any atom is 0.160 e. The van der Waals surface area contributed by atoms with Crippen molar-refractivity contribution in [2.24, 2.45) is 5.73 Å². The van der Waals surface area contributed by atoms with Crippen LogP contribution in [0.3, 0.4) is 0 Å². The fraction of sp³-hybridized carbons (Fsp3) is 0.200. The summed E-state index contributed by atoms with van der Waals surface area (Å²) in [6, 6.07) is 13.5. The Morgan fingerprint density at radius 3 is 2.68 bits per heavy atom. The van der Waals surface area contributed by atoms with Crippen LogP contribution in [0.1, 0.15) is 17.4 Å². The Morgan fingerprint density at radius 2 is 1.91 bits per heavy atom. The van der Waals surface area contributed by atoms with Gasteiger partial charge in [-0.25, -0.2) is 0 Å². The summed E-state index contributed by atoms with van der Waals surface area (Å²) in [7, 11) is 0. The van der Waals surface area contributed by atoms with E-state index in [4.69, 9.17) is 10.5 Å². The number of nitrogens with zero attached hydrogens (tertiary/aromatic N) is 3. The molecule has 3 rings (SSSR count). The van der Waals surface area contributed by atoms with Crippen molar-refractivity contribution in [3.8, 4) is 0 Å². The Kier molecular flexibility index (Phi) is 5.90. The molecule has 116 valence electrons. The van der Waals surface area contributed by atoms with Crippen molar-refractivity contribution >= 4 is 34.0 Å². The first-order valence-corrected chi connectivity index (χ1v) is 7.41. The van der Waals surface area contributed by atoms with E-state index in [2.05, 4.69) is 26.1 Å². The molecule has 0 unspecified atom stereocenters. The van der Waals surface area contributed by atoms with E-state index in [0.29, 0.717) is 19.0 Å². The number of hydrogen-bond acceptors (Lipinski definition) is 4. The average Bonchev–Trinajstić information content (AvgIpc) is 2.91. The molecule has 3 aromatic rings. The zero-order valence-electron chi connectivity index (χ0n) is 11.7. The molecule has 0 spiro atoms. The van der Waals surface area contributed by atoms with Gasteiger partial charge in [0, 0.05) is 10.7 Å². The highest BCUT2D eigenvalue weighted by Crippen LogP contribution is 2.16. The third-order valence-electron chi connectivity index (χ3n) is 3.13. The molecule has 0 saturated carbocycles. The Morgan fingerprint density at radius 1 is 1.14 bits per heavy atom. The first kappa shape index (κ1) is 16.9. The zero-order valence-corrected chi connectivity index (χ0v) is 14.1. The van der Waals surface area contributed by atoms with Crippen molar-refractivity contribution < 1.29 is 4.74 Å². The molecule has 7 heteroatoms. The SMILES string of the molecule is Cl.N[C@H](COCc1ccccc1)c1nnc2ccc(Br)cn12. The Hall–Kier alpha value is -1.47. The molecule has 0 radical (unpaired) electrons. The van der Waals surface area contributed by atoms with Crippen LogP contribution in [0.4, 0.5) is 0 Å². The Balaban J connectivity index is 0.00000176. The molecule has 1 atom stereocenters. The minimum absolute atomic E-state index is 0. The van der Waals surface area contributed by atoms with Crippen molar-refractivity contribution in [1.82, 2.24) is 14.6 Å². The lowest BCUT2D eigenvalue weighted by atomic mass is 10.2. The molecule has 1 aromatic carbocycles. The second-order valence-electron chi connectivity index (χ2n) is 4.74. The van der Waals surface area contributed by atoms with Crippen LogP contribution in [0.5, 0.6) is 0 Å². The van der Waals surface area contributed by atoms with Crippen LogP contribution in [-0.2, 0) is 11.3 Å². The van der Waals surface area contributed by atoms with Crippen LogP contribution in [0.2, 0.25) is 0 Å². The Labute approximate surface area is 143 Å². The van der Waals surface area contributed by atoms with Gasteiger partial charge in [0.1, 0.15) is 0 Å². The van der Waals surface area contributed by atoms with Gasteiger partial charge < -0.3 is 10.5 Å². The van der Waals surface area contributed by atoms with Gasteiger partial charge in [0.15, 0.2) is 11.5 Å². The topological polar surface area (TPSA) is 65.4 Å². The normalized spacial score (nSPS) is 12.1. The number of aromatic nitrogens is 3. The maximum atomic E-state index is 6.16. The van der Waals surface area contributed by atoms with Crippen LogP contribution in [0.25, 0.3) is 5.65 Å². The number of ether oxygens (including phenoxy) is 1. The van der Waals surface area contributed by atoms with Crippen LogP contribution in [0, 0.1) is 0 Å². The molecule has 0 amide bonds. The number of rotatable bonds is 5. The fourth-order valence-electron chi connectivity index (χ4n) is 2.09. The highest BCUT2D eigenvalue weighted by molar-refractivity contribution is 9.10. The predicted molar refractivity (Wildman–Crippen MR) is 91.0 cm³/mol. The van der Waals surface area contributed by atoms with Crippen molar-refractivity contribution in [3.05, 3.63) is 64.5 Å². The van der Waals surface area contributed by atoms with E-state index in [1.807, 2.05) is 53.1 Å². The quantitative estimate of drug-likeness (QED) is 0.735. The first-order valence-electron chi connectivity index (χ1n) is 6.61. The van der Waals surface area contributed by atoms with Crippen LogP contribution >= 0.6 is 28.3 Å². The molecule has 0 bridgehead atoms. The molecular formula is C15H16BrClN4O. The first-order chi connectivity index (χ1) is 10.2. The van der Waals surface area contributed by atoms with E-state index in [0.717, 1.165) is 15.7 Å². The van der Waals surface area contributed by atoms with E-state index in [1.54, 1.807) is 0 Å². The lowest BCUT2D eigenvalue weighted by Gasteiger charge is -2.11. The van der Waals surface area contributed by atoms with Gasteiger partial charge in [-0.05, 0) is 33.6 Å². The van der Waals surface area contributed by atoms with Crippen molar-refractivity contribution in [1.29, 1.82) is 0 Å². The summed E-state index contributed by atoms with van der Waals surface area (Å²) in [5, 5.41) is 8.25. The molecule has 0 aliphatic rings. The van der Waals surface area contributed by atoms with Crippen molar-refractivity contribution in [2.45, 2.75) is 12.6 Å². The summed E-state index contributed by atoms with van der Waals surface area (Å²) < 4.78 is 8.49. The summed E-state index contributed by atoms with van der Waals surface area (Å²) >= 11 is 3.44. The van der Waals surface area contributed by atoms with Gasteiger partial charge in [-0.3, -0.25) is 4.40 Å². The second kappa shape index (κ2) is 7.69. The van der Waals surface area contributed by atoms with E-state index in [9.17, 15) is 0 Å². The monoisotopic (exact) mass is 382 g/mol. The van der Waals surface area contributed by atoms with Crippen LogP contribution < -0.4 is 5.73 Å². The van der Waals surface area contributed by atoms with Gasteiger partial charge in [-0.2, -0.15) is 0 Å². The lowest BCUT2D eigenvalue weighted by molar-refractivity contribution is 0.106. The number of pyridine rings is 1. The maximum absolute atomic E-state index is 6.16. The van der Waals surface area contributed by atoms with Gasteiger partial charge >= 0.3 is 0 Å². The number of fused-ring (bicyclic) bond motifs is 1. The Bertz CT molecular complexity index is 735. The molecule has 0 fully saturated rings. The number of hydrogen-bond donors (Lipinski definition) is 1. The summed E-state index contributed by atoms with van der Waals surface area (Å²) in [5.74, 6) is 0.694. The number of nitrogens with two attached hydrogens (primary N) is 1. The third kappa shape index (κ3) is 3.84. The van der Waals surface area contributed by atoms with Gasteiger partial charge in [-0.1, -0.05) is 30.3 Å². The minimum atomic E-state index is -0.321. The van der Waals surface area contributed by atoms with E-state index in [-0.39, 0.29) is 18.4 Å². The van der Waals surface area contributed by atoms with E-state index < -0.39 is 0 Å². The van der Waals surface area contributed by atoms with Gasteiger partial charge in [0.25, 0.3) is 0 Å². The van der Waals surface area contributed by atoms with Gasteiger partial charge in [0.05, 0.1) is 19.3 Å². The molecule has 2 heterocycles. The smallest absolute Gasteiger partial charge is 0.160 e. The molecule has 2 aromatic heterocycles. The van der Waals surface area contributed by atoms with E-state index >= 15 is 0 Å². The average molecular weight is 384 g/mol. The molecule has 22 heavy (non-hydrogen) atoms. The van der Waals surface area contributed by atoms with Gasteiger partial charge in [0.2, 0.25) is 0 Å². The van der Waals surface area contributed by atoms with Crippen molar-refractivity contribution in [2.75, 3.05) is 6.61 Å². The highest BCUT2D eigenvalue weighted by Gasteiger charge is 2.14. The lowest BCUT2D eigenvalue weighted by Crippen LogP contribution is -2.20. The highest BCUT2D eigenvalue weighted by atomic mass is 79.9. The standard InChI is InChI=1S/C15H15BrN4O.ClH/c16-12-6-7-14-18-19-15(20(14)8-12)13(17)10-21-9-11-4-2-1-3-5-11;/h1-8,13H,9-10,17H2;1H/t13-;/m1./s1. The summed E-state index contributed by atoms with van der Waals surface area (Å²) in [6.07, 6.45) is 1.90. The largest absolute Gasteiger partial charge is 0.375 e. The van der Waals surface area contributed by atoms with Crippen LogP contribution in [-0.4, -0.2) is 21.2 Å². The zero-order chi connectivity index (χ0) is 14.7. The van der Waals surface area contributed by atoms with Crippen LogP contribution in [0.15, 0.2) is 53.1 Å². The number of halogens is 2.